The van der Waals surface area contributed by atoms with Gasteiger partial charge in [-0.1, -0.05) is 115 Å². The summed E-state index contributed by atoms with van der Waals surface area (Å²) in [4.78, 5) is 0. The molecule has 6 aromatic heterocycles. The third-order valence-electron chi connectivity index (χ3n) is 13.4. The lowest BCUT2D eigenvalue weighted by atomic mass is 9.99. The van der Waals surface area contributed by atoms with Crippen LogP contribution < -0.4 is 0 Å². The summed E-state index contributed by atoms with van der Waals surface area (Å²) in [6, 6.07) is 67.7. The first-order valence-electron chi connectivity index (χ1n) is 20.1. The van der Waals surface area contributed by atoms with E-state index in [1.807, 2.05) is 0 Å². The maximum absolute atomic E-state index is 2.60. The number of fused-ring (bicyclic) bond motifs is 20. The molecule has 0 saturated carbocycles. The Labute approximate surface area is 329 Å². The summed E-state index contributed by atoms with van der Waals surface area (Å²) >= 11 is 0. The molecule has 15 aromatic rings. The highest BCUT2D eigenvalue weighted by atomic mass is 15.0. The number of para-hydroxylation sites is 6. The summed E-state index contributed by atoms with van der Waals surface area (Å²) in [7, 11) is 0. The molecule has 58 heavy (non-hydrogen) atoms. The van der Waals surface area contributed by atoms with Crippen LogP contribution in [0.1, 0.15) is 0 Å². The highest BCUT2D eigenvalue weighted by Crippen LogP contribution is 2.51. The molecule has 0 saturated heterocycles. The first-order chi connectivity index (χ1) is 28.8. The normalized spacial score (nSPS) is 12.8. The van der Waals surface area contributed by atoms with Gasteiger partial charge in [0, 0.05) is 76.0 Å². The number of nitrogens with zero attached hydrogens (tertiary/aromatic N) is 4. The molecule has 0 unspecified atom stereocenters. The third kappa shape index (κ3) is 3.30. The standard InChI is InChI=1S/C54H30N4/c1-3-14-31(15-4-1)55-44-25-12-9-20-38(44)49-48(55)29-41-50-45(27-26-37-34-19-7-10-23-42(34)56(53(37)50)32-16-5-2-6-17-32)58-47-30-46-39(28-40(47)51(49)54(41)58)36-22-13-21-35-33-18-8-11-24-43(33)57(46)52(35)36/h1-30H. The molecule has 6 heterocycles. The molecule has 4 heteroatoms. The van der Waals surface area contributed by atoms with E-state index in [-0.39, 0.29) is 0 Å². The molecular formula is C54H30N4. The lowest BCUT2D eigenvalue weighted by Gasteiger charge is -2.10. The molecule has 0 N–H and O–H groups in total. The Morgan fingerprint density at radius 2 is 0.776 bits per heavy atom. The van der Waals surface area contributed by atoms with E-state index in [0.29, 0.717) is 0 Å². The number of hydrogen-bond acceptors (Lipinski definition) is 0. The van der Waals surface area contributed by atoms with Crippen LogP contribution in [0, 0.1) is 0 Å². The second kappa shape index (κ2) is 10.1. The number of aromatic nitrogens is 4. The summed E-state index contributed by atoms with van der Waals surface area (Å²) in [6.07, 6.45) is 0. The summed E-state index contributed by atoms with van der Waals surface area (Å²) in [5.41, 5.74) is 14.8. The first-order valence-corrected chi connectivity index (χ1v) is 20.1. The van der Waals surface area contributed by atoms with Crippen LogP contribution in [0.4, 0.5) is 0 Å². The van der Waals surface area contributed by atoms with Crippen LogP contribution in [-0.2, 0) is 0 Å². The van der Waals surface area contributed by atoms with Gasteiger partial charge in [-0.05, 0) is 66.7 Å². The van der Waals surface area contributed by atoms with E-state index in [4.69, 9.17) is 0 Å². The molecule has 0 aliphatic rings. The van der Waals surface area contributed by atoms with E-state index >= 15 is 0 Å². The van der Waals surface area contributed by atoms with Gasteiger partial charge in [-0.2, -0.15) is 0 Å². The number of benzene rings is 9. The highest BCUT2D eigenvalue weighted by Gasteiger charge is 2.28. The molecule has 0 bridgehead atoms. The average molecular weight is 735 g/mol. The fraction of sp³-hybridized carbons (Fsp3) is 0. The van der Waals surface area contributed by atoms with Gasteiger partial charge in [0.25, 0.3) is 0 Å². The summed E-state index contributed by atoms with van der Waals surface area (Å²) in [6.45, 7) is 0. The molecule has 0 amide bonds. The van der Waals surface area contributed by atoms with Gasteiger partial charge in [-0.3, -0.25) is 0 Å². The van der Waals surface area contributed by atoms with Crippen molar-refractivity contribution < 1.29 is 0 Å². The van der Waals surface area contributed by atoms with E-state index in [1.54, 1.807) is 0 Å². The zero-order chi connectivity index (χ0) is 37.4. The lowest BCUT2D eigenvalue weighted by Crippen LogP contribution is -1.94. The minimum absolute atomic E-state index is 1.16. The summed E-state index contributed by atoms with van der Waals surface area (Å²) in [5, 5.41) is 15.5. The summed E-state index contributed by atoms with van der Waals surface area (Å²) in [5.74, 6) is 0. The van der Waals surface area contributed by atoms with Crippen molar-refractivity contribution in [3.05, 3.63) is 182 Å². The lowest BCUT2D eigenvalue weighted by molar-refractivity contribution is 1.18. The van der Waals surface area contributed by atoms with Crippen LogP contribution in [-0.4, -0.2) is 17.9 Å². The van der Waals surface area contributed by atoms with Crippen molar-refractivity contribution in [3.8, 4) is 11.4 Å². The van der Waals surface area contributed by atoms with Gasteiger partial charge in [0.2, 0.25) is 0 Å². The summed E-state index contributed by atoms with van der Waals surface area (Å²) < 4.78 is 10.1. The van der Waals surface area contributed by atoms with Crippen LogP contribution >= 0.6 is 0 Å². The first kappa shape index (κ1) is 29.5. The number of rotatable bonds is 2. The van der Waals surface area contributed by atoms with Gasteiger partial charge < -0.3 is 17.9 Å². The Kier molecular flexibility index (Phi) is 5.14. The molecule has 0 spiro atoms. The van der Waals surface area contributed by atoms with E-state index < -0.39 is 0 Å². The Bertz CT molecular complexity index is 4230. The monoisotopic (exact) mass is 734 g/mol. The molecule has 0 radical (unpaired) electrons. The van der Waals surface area contributed by atoms with Crippen molar-refractivity contribution in [1.82, 2.24) is 17.9 Å². The van der Waals surface area contributed by atoms with Crippen molar-refractivity contribution in [2.75, 3.05) is 0 Å². The average Bonchev–Trinajstić information content (AvgIpc) is 4.11. The van der Waals surface area contributed by atoms with Crippen molar-refractivity contribution in [1.29, 1.82) is 0 Å². The second-order valence-electron chi connectivity index (χ2n) is 16.1. The topological polar surface area (TPSA) is 18.7 Å². The quantitative estimate of drug-likeness (QED) is 0.168. The fourth-order valence-corrected chi connectivity index (χ4v) is 11.2. The predicted molar refractivity (Wildman–Crippen MR) is 244 cm³/mol. The zero-order valence-corrected chi connectivity index (χ0v) is 31.1. The van der Waals surface area contributed by atoms with Gasteiger partial charge in [-0.25, -0.2) is 0 Å². The van der Waals surface area contributed by atoms with Crippen molar-refractivity contribution in [2.45, 2.75) is 0 Å². The molecule has 266 valence electrons. The largest absolute Gasteiger partial charge is 0.309 e. The second-order valence-corrected chi connectivity index (χ2v) is 16.1. The molecule has 0 atom stereocenters. The minimum Gasteiger partial charge on any atom is -0.309 e. The van der Waals surface area contributed by atoms with Crippen molar-refractivity contribution in [2.24, 2.45) is 0 Å². The Morgan fingerprint density at radius 1 is 0.224 bits per heavy atom. The Hall–Kier alpha value is -7.82. The fourth-order valence-electron chi connectivity index (χ4n) is 11.2. The highest BCUT2D eigenvalue weighted by molar-refractivity contribution is 6.39. The smallest absolute Gasteiger partial charge is 0.0641 e. The maximum atomic E-state index is 2.60. The van der Waals surface area contributed by atoms with E-state index in [1.165, 1.54) is 125 Å². The van der Waals surface area contributed by atoms with Crippen LogP contribution in [0.25, 0.3) is 131 Å². The maximum Gasteiger partial charge on any atom is 0.0641 e. The van der Waals surface area contributed by atoms with Crippen molar-refractivity contribution >= 4 is 120 Å². The molecular weight excluding hydrogens is 705 g/mol. The third-order valence-corrected chi connectivity index (χ3v) is 13.4. The van der Waals surface area contributed by atoms with Crippen molar-refractivity contribution in [3.63, 3.8) is 0 Å². The van der Waals surface area contributed by atoms with Gasteiger partial charge >= 0.3 is 0 Å². The van der Waals surface area contributed by atoms with Gasteiger partial charge in [0.15, 0.2) is 0 Å². The van der Waals surface area contributed by atoms with Crippen LogP contribution in [0.5, 0.6) is 0 Å². The van der Waals surface area contributed by atoms with E-state index in [9.17, 15) is 0 Å². The van der Waals surface area contributed by atoms with Crippen LogP contribution in [0.3, 0.4) is 0 Å². The molecule has 9 aromatic carbocycles. The Balaban J connectivity index is 1.26. The molecule has 0 aliphatic carbocycles. The van der Waals surface area contributed by atoms with Gasteiger partial charge in [0.05, 0.1) is 55.2 Å². The van der Waals surface area contributed by atoms with Crippen LogP contribution in [0.15, 0.2) is 182 Å². The molecule has 0 fully saturated rings. The number of hydrogen-bond donors (Lipinski definition) is 0. The SMILES string of the molecule is c1ccc(-n2c3ccccc3c3c4c5cc6c7cccc8c9ccccc9n(c6cc5n5c6ccc9c%10ccccc%10n(-c%10ccccc%10)c9c6c(cc32)c45)c87)cc1. The van der Waals surface area contributed by atoms with E-state index in [0.717, 1.165) is 5.69 Å². The molecule has 4 nitrogen and oxygen atoms in total. The van der Waals surface area contributed by atoms with Crippen LogP contribution in [0.2, 0.25) is 0 Å². The van der Waals surface area contributed by atoms with E-state index in [2.05, 4.69) is 200 Å². The van der Waals surface area contributed by atoms with Gasteiger partial charge in [0.1, 0.15) is 0 Å². The molecule has 0 aliphatic heterocycles. The zero-order valence-electron chi connectivity index (χ0n) is 31.1. The minimum atomic E-state index is 1.16. The van der Waals surface area contributed by atoms with Gasteiger partial charge in [-0.15, -0.1) is 0 Å². The molecule has 15 rings (SSSR count). The predicted octanol–water partition coefficient (Wildman–Crippen LogP) is 14.2. The Morgan fingerprint density at radius 3 is 1.53 bits per heavy atom.